The van der Waals surface area contributed by atoms with Gasteiger partial charge in [0, 0.05) is 6.61 Å². The summed E-state index contributed by atoms with van der Waals surface area (Å²) in [6.45, 7) is 4.77. The van der Waals surface area contributed by atoms with Crippen LogP contribution in [-0.2, 0) is 4.74 Å². The van der Waals surface area contributed by atoms with Gasteiger partial charge in [-0.1, -0.05) is 6.07 Å². The van der Waals surface area contributed by atoms with E-state index < -0.39 is 11.6 Å². The molecule has 0 aromatic heterocycles. The second-order valence-electron chi connectivity index (χ2n) is 5.14. The molecule has 2 nitrogen and oxygen atoms in total. The van der Waals surface area contributed by atoms with Crippen LogP contribution in [-0.4, -0.2) is 19.3 Å². The molecule has 20 heavy (non-hydrogen) atoms. The maximum Gasteiger partial charge on any atom is 0.200 e. The van der Waals surface area contributed by atoms with Gasteiger partial charge in [-0.2, -0.15) is 4.39 Å². The summed E-state index contributed by atoms with van der Waals surface area (Å²) in [6.07, 6.45) is 3.77. The van der Waals surface area contributed by atoms with E-state index in [2.05, 4.69) is 0 Å². The third-order valence-electron chi connectivity index (χ3n) is 3.89. The fourth-order valence-corrected chi connectivity index (χ4v) is 2.91. The molecule has 0 unspecified atom stereocenters. The lowest BCUT2D eigenvalue weighted by atomic mass is 9.82. The predicted octanol–water partition coefficient (Wildman–Crippen LogP) is 4.43. The van der Waals surface area contributed by atoms with E-state index >= 15 is 0 Å². The lowest BCUT2D eigenvalue weighted by Crippen LogP contribution is -2.21. The highest BCUT2D eigenvalue weighted by Gasteiger charge is 2.26. The minimum atomic E-state index is -0.865. The van der Waals surface area contributed by atoms with E-state index in [0.29, 0.717) is 18.8 Å². The number of benzene rings is 1. The van der Waals surface area contributed by atoms with Crippen LogP contribution in [0.25, 0.3) is 0 Å². The Balaban J connectivity index is 2.08. The first-order valence-corrected chi connectivity index (χ1v) is 7.39. The first-order valence-electron chi connectivity index (χ1n) is 7.39. The van der Waals surface area contributed by atoms with Gasteiger partial charge in [-0.25, -0.2) is 4.39 Å². The highest BCUT2D eigenvalue weighted by Crippen LogP contribution is 2.37. The monoisotopic (exact) mass is 284 g/mol. The molecule has 1 saturated carbocycles. The van der Waals surface area contributed by atoms with Crippen molar-refractivity contribution in [3.63, 3.8) is 0 Å². The van der Waals surface area contributed by atoms with Gasteiger partial charge < -0.3 is 9.47 Å². The number of hydrogen-bond donors (Lipinski definition) is 0. The van der Waals surface area contributed by atoms with E-state index in [1.807, 2.05) is 6.92 Å². The van der Waals surface area contributed by atoms with Gasteiger partial charge in [-0.05, 0) is 57.1 Å². The Hall–Kier alpha value is -1.16. The van der Waals surface area contributed by atoms with Crippen molar-refractivity contribution in [2.45, 2.75) is 51.6 Å². The summed E-state index contributed by atoms with van der Waals surface area (Å²) in [4.78, 5) is 0. The second kappa shape index (κ2) is 7.02. The summed E-state index contributed by atoms with van der Waals surface area (Å²) in [5, 5.41) is 0. The van der Waals surface area contributed by atoms with Crippen molar-refractivity contribution >= 4 is 0 Å². The number of hydrogen-bond acceptors (Lipinski definition) is 2. The van der Waals surface area contributed by atoms with Crippen molar-refractivity contribution in [2.75, 3.05) is 13.2 Å². The number of rotatable bonds is 5. The Morgan fingerprint density at radius 3 is 2.30 bits per heavy atom. The predicted molar refractivity (Wildman–Crippen MR) is 74.2 cm³/mol. The summed E-state index contributed by atoms with van der Waals surface area (Å²) in [5.41, 5.74) is 0.473. The highest BCUT2D eigenvalue weighted by atomic mass is 19.2. The quantitative estimate of drug-likeness (QED) is 0.796. The van der Waals surface area contributed by atoms with Gasteiger partial charge in [0.15, 0.2) is 11.6 Å². The molecule has 1 aliphatic carbocycles. The SMILES string of the molecule is CCOc1ccc(C2CCC(OCC)CC2)c(F)c1F. The fraction of sp³-hybridized carbons (Fsp3) is 0.625. The maximum atomic E-state index is 14.1. The first kappa shape index (κ1) is 15.2. The molecule has 0 N–H and O–H groups in total. The third-order valence-corrected chi connectivity index (χ3v) is 3.89. The molecule has 4 heteroatoms. The highest BCUT2D eigenvalue weighted by molar-refractivity contribution is 5.33. The van der Waals surface area contributed by atoms with Crippen molar-refractivity contribution in [3.05, 3.63) is 29.3 Å². The van der Waals surface area contributed by atoms with Gasteiger partial charge in [0.1, 0.15) is 0 Å². The molecule has 1 aliphatic rings. The van der Waals surface area contributed by atoms with Gasteiger partial charge in [0.05, 0.1) is 12.7 Å². The van der Waals surface area contributed by atoms with Gasteiger partial charge in [0.25, 0.3) is 0 Å². The molecule has 0 bridgehead atoms. The molecular weight excluding hydrogens is 262 g/mol. The molecule has 0 spiro atoms. The molecule has 0 radical (unpaired) electrons. The largest absolute Gasteiger partial charge is 0.491 e. The van der Waals surface area contributed by atoms with Gasteiger partial charge in [-0.3, -0.25) is 0 Å². The van der Waals surface area contributed by atoms with E-state index in [1.54, 1.807) is 13.0 Å². The van der Waals surface area contributed by atoms with Gasteiger partial charge in [0.2, 0.25) is 5.82 Å². The molecule has 0 atom stereocenters. The molecule has 2 rings (SSSR count). The number of halogens is 2. The average molecular weight is 284 g/mol. The van der Waals surface area contributed by atoms with Crippen molar-refractivity contribution in [1.82, 2.24) is 0 Å². The first-order chi connectivity index (χ1) is 9.67. The molecule has 112 valence electrons. The molecule has 1 fully saturated rings. The number of ether oxygens (including phenoxy) is 2. The summed E-state index contributed by atoms with van der Waals surface area (Å²) >= 11 is 0. The van der Waals surface area contributed by atoms with E-state index in [1.165, 1.54) is 6.07 Å². The Morgan fingerprint density at radius 2 is 1.70 bits per heavy atom. The van der Waals surface area contributed by atoms with E-state index in [-0.39, 0.29) is 17.8 Å². The molecule has 0 heterocycles. The van der Waals surface area contributed by atoms with Gasteiger partial charge >= 0.3 is 0 Å². The zero-order chi connectivity index (χ0) is 14.5. The van der Waals surface area contributed by atoms with Crippen LogP contribution in [0, 0.1) is 11.6 Å². The van der Waals surface area contributed by atoms with Crippen molar-refractivity contribution in [1.29, 1.82) is 0 Å². The van der Waals surface area contributed by atoms with Crippen LogP contribution >= 0.6 is 0 Å². The van der Waals surface area contributed by atoms with Crippen LogP contribution < -0.4 is 4.74 Å². The average Bonchev–Trinajstić information content (AvgIpc) is 2.46. The summed E-state index contributed by atoms with van der Waals surface area (Å²) in [6, 6.07) is 3.20. The summed E-state index contributed by atoms with van der Waals surface area (Å²) < 4.78 is 38.7. The topological polar surface area (TPSA) is 18.5 Å². The van der Waals surface area contributed by atoms with Crippen LogP contribution in [0.5, 0.6) is 5.75 Å². The summed E-state index contributed by atoms with van der Waals surface area (Å²) in [7, 11) is 0. The van der Waals surface area contributed by atoms with Crippen LogP contribution in [0.3, 0.4) is 0 Å². The fourth-order valence-electron chi connectivity index (χ4n) is 2.91. The van der Waals surface area contributed by atoms with Crippen LogP contribution in [0.4, 0.5) is 8.78 Å². The second-order valence-corrected chi connectivity index (χ2v) is 5.14. The minimum Gasteiger partial charge on any atom is -0.491 e. The van der Waals surface area contributed by atoms with Gasteiger partial charge in [-0.15, -0.1) is 0 Å². The van der Waals surface area contributed by atoms with E-state index in [4.69, 9.17) is 9.47 Å². The Labute approximate surface area is 119 Å². The molecule has 1 aromatic rings. The Morgan fingerprint density at radius 1 is 1.00 bits per heavy atom. The lowest BCUT2D eigenvalue weighted by molar-refractivity contribution is 0.0325. The zero-order valence-electron chi connectivity index (χ0n) is 12.1. The van der Waals surface area contributed by atoms with E-state index in [9.17, 15) is 8.78 Å². The Kier molecular flexibility index (Phi) is 5.35. The maximum absolute atomic E-state index is 14.1. The van der Waals surface area contributed by atoms with Crippen molar-refractivity contribution in [3.8, 4) is 5.75 Å². The van der Waals surface area contributed by atoms with E-state index in [0.717, 1.165) is 25.7 Å². The summed E-state index contributed by atoms with van der Waals surface area (Å²) in [5.74, 6) is -1.54. The molecule has 0 saturated heterocycles. The van der Waals surface area contributed by atoms with Crippen LogP contribution in [0.2, 0.25) is 0 Å². The Bertz CT molecular complexity index is 440. The van der Waals surface area contributed by atoms with Crippen LogP contribution in [0.15, 0.2) is 12.1 Å². The smallest absolute Gasteiger partial charge is 0.200 e. The third kappa shape index (κ3) is 3.29. The standard InChI is InChI=1S/C16H22F2O2/c1-3-19-12-7-5-11(6-8-12)13-9-10-14(20-4-2)16(18)15(13)17/h9-12H,3-8H2,1-2H3. The zero-order valence-corrected chi connectivity index (χ0v) is 12.1. The molecule has 0 amide bonds. The minimum absolute atomic E-state index is 0.00301. The van der Waals surface area contributed by atoms with Crippen molar-refractivity contribution in [2.24, 2.45) is 0 Å². The van der Waals surface area contributed by atoms with Crippen LogP contribution in [0.1, 0.15) is 51.0 Å². The molecular formula is C16H22F2O2. The normalized spacial score (nSPS) is 22.8. The van der Waals surface area contributed by atoms with Crippen molar-refractivity contribution < 1.29 is 18.3 Å². The molecule has 1 aromatic carbocycles. The lowest BCUT2D eigenvalue weighted by Gasteiger charge is -2.29. The molecule has 0 aliphatic heterocycles.